The fourth-order valence-corrected chi connectivity index (χ4v) is 4.50. The number of rotatable bonds is 9. The highest BCUT2D eigenvalue weighted by Crippen LogP contribution is 2.24. The first-order valence-corrected chi connectivity index (χ1v) is 13.1. The fraction of sp³-hybridized carbons (Fsp3) is 0.519. The van der Waals surface area contributed by atoms with Crippen LogP contribution < -0.4 is 0 Å². The number of nitrogens with zero attached hydrogens (tertiary/aromatic N) is 2. The Morgan fingerprint density at radius 3 is 2.21 bits per heavy atom. The van der Waals surface area contributed by atoms with Gasteiger partial charge in [-0.05, 0) is 44.9 Å². The van der Waals surface area contributed by atoms with Crippen molar-refractivity contribution in [2.45, 2.75) is 71.4 Å². The van der Waals surface area contributed by atoms with Crippen molar-refractivity contribution in [3.8, 4) is 6.07 Å². The van der Waals surface area contributed by atoms with Gasteiger partial charge in [0.15, 0.2) is 0 Å². The smallest absolute Gasteiger partial charge is 0.150 e. The second kappa shape index (κ2) is 14.4. The molecular formula is C27H36N2O3S2. The molecule has 0 bridgehead atoms. The van der Waals surface area contributed by atoms with Gasteiger partial charge in [-0.3, -0.25) is 14.5 Å². The molecule has 3 rings (SSSR count). The molecule has 2 aromatic rings. The Hall–Kier alpha value is -2.01. The van der Waals surface area contributed by atoms with Crippen LogP contribution in [0.15, 0.2) is 28.7 Å². The van der Waals surface area contributed by atoms with E-state index in [2.05, 4.69) is 55.4 Å². The molecule has 5 nitrogen and oxygen atoms in total. The van der Waals surface area contributed by atoms with E-state index in [0.29, 0.717) is 35.3 Å². The number of ketones is 2. The largest absolute Gasteiger partial charge is 0.464 e. The van der Waals surface area contributed by atoms with Crippen molar-refractivity contribution >= 4 is 36.8 Å². The third kappa shape index (κ3) is 8.33. The van der Waals surface area contributed by atoms with E-state index < -0.39 is 0 Å². The number of hydrogen-bond acceptors (Lipinski definition) is 7. The summed E-state index contributed by atoms with van der Waals surface area (Å²) in [5.74, 6) is 1.81. The molecule has 0 N–H and O–H groups in total. The van der Waals surface area contributed by atoms with Crippen molar-refractivity contribution in [3.63, 3.8) is 0 Å². The van der Waals surface area contributed by atoms with E-state index in [-0.39, 0.29) is 23.7 Å². The number of carbonyl (C=O) groups excluding carboxylic acids is 2. The Kier molecular flexibility index (Phi) is 12.0. The molecule has 0 spiro atoms. The van der Waals surface area contributed by atoms with Crippen molar-refractivity contribution in [2.75, 3.05) is 18.6 Å². The lowest BCUT2D eigenvalue weighted by Crippen LogP contribution is -2.33. The molecule has 1 saturated carbocycles. The predicted octanol–water partition coefficient (Wildman–Crippen LogP) is 5.30. The van der Waals surface area contributed by atoms with Crippen LogP contribution in [0.1, 0.15) is 65.9 Å². The summed E-state index contributed by atoms with van der Waals surface area (Å²) in [6.07, 6.45) is 7.39. The van der Waals surface area contributed by atoms with E-state index in [1.54, 1.807) is 6.92 Å². The zero-order valence-electron chi connectivity index (χ0n) is 20.5. The first-order chi connectivity index (χ1) is 16.3. The Balaban J connectivity index is 0.000000257. The average molecular weight is 501 g/mol. The molecule has 1 aliphatic rings. The third-order valence-corrected chi connectivity index (χ3v) is 7.11. The molecule has 184 valence electrons. The number of furan rings is 1. The quantitative estimate of drug-likeness (QED) is 0.457. The van der Waals surface area contributed by atoms with Crippen molar-refractivity contribution < 1.29 is 14.0 Å². The molecule has 1 heterocycles. The summed E-state index contributed by atoms with van der Waals surface area (Å²) >= 11 is 7.94. The first-order valence-electron chi connectivity index (χ1n) is 11.8. The molecule has 0 radical (unpaired) electrons. The van der Waals surface area contributed by atoms with Crippen molar-refractivity contribution in [3.05, 3.63) is 58.0 Å². The summed E-state index contributed by atoms with van der Waals surface area (Å²) in [5, 5.41) is 8.86. The van der Waals surface area contributed by atoms with Gasteiger partial charge in [-0.15, -0.1) is 0 Å². The van der Waals surface area contributed by atoms with Crippen LogP contribution in [-0.4, -0.2) is 41.1 Å². The molecule has 1 aromatic heterocycles. The maximum Gasteiger partial charge on any atom is 0.150 e. The van der Waals surface area contributed by atoms with Gasteiger partial charge in [-0.2, -0.15) is 30.5 Å². The number of nitriles is 1. The van der Waals surface area contributed by atoms with E-state index >= 15 is 0 Å². The highest BCUT2D eigenvalue weighted by molar-refractivity contribution is 7.81. The predicted molar refractivity (Wildman–Crippen MR) is 143 cm³/mol. The Morgan fingerprint density at radius 1 is 1.03 bits per heavy atom. The number of benzene rings is 1. The van der Waals surface area contributed by atoms with Gasteiger partial charge in [0.1, 0.15) is 29.2 Å². The molecule has 0 amide bonds. The van der Waals surface area contributed by atoms with Gasteiger partial charge < -0.3 is 4.42 Å². The zero-order valence-corrected chi connectivity index (χ0v) is 22.3. The number of Topliss-reactive ketones (excluding diaryl/α,β-unsaturated/α-hetero) is 2. The van der Waals surface area contributed by atoms with E-state index in [1.165, 1.54) is 37.7 Å². The molecule has 0 unspecified atom stereocenters. The van der Waals surface area contributed by atoms with Gasteiger partial charge in [0.2, 0.25) is 0 Å². The second-order valence-corrected chi connectivity index (χ2v) is 9.55. The van der Waals surface area contributed by atoms with Gasteiger partial charge in [0.25, 0.3) is 0 Å². The topological polar surface area (TPSA) is 74.3 Å². The zero-order chi connectivity index (χ0) is 25.1. The minimum atomic E-state index is -0.0430. The molecule has 1 fully saturated rings. The number of hydrogen-bond donors (Lipinski definition) is 2. The molecule has 34 heavy (non-hydrogen) atoms. The summed E-state index contributed by atoms with van der Waals surface area (Å²) in [7, 11) is 2.22. The van der Waals surface area contributed by atoms with E-state index in [0.717, 1.165) is 17.7 Å². The fourth-order valence-electron chi connectivity index (χ4n) is 4.28. The van der Waals surface area contributed by atoms with Crippen molar-refractivity contribution in [2.24, 2.45) is 0 Å². The summed E-state index contributed by atoms with van der Waals surface area (Å²) in [5.41, 5.74) is 3.75. The van der Waals surface area contributed by atoms with Crippen LogP contribution in [0.4, 0.5) is 0 Å². The van der Waals surface area contributed by atoms with Crippen LogP contribution in [0, 0.1) is 25.2 Å². The Labute approximate surface area is 214 Å². The van der Waals surface area contributed by atoms with E-state index in [9.17, 15) is 9.59 Å². The van der Waals surface area contributed by atoms with Crippen LogP contribution in [-0.2, 0) is 29.0 Å². The number of thiol groups is 2. The lowest BCUT2D eigenvalue weighted by Gasteiger charge is -2.31. The van der Waals surface area contributed by atoms with Gasteiger partial charge in [-0.1, -0.05) is 43.5 Å². The average Bonchev–Trinajstić information content (AvgIpc) is 3.12. The lowest BCUT2D eigenvalue weighted by atomic mass is 9.93. The lowest BCUT2D eigenvalue weighted by molar-refractivity contribution is -0.116. The normalized spacial score (nSPS) is 13.8. The maximum atomic E-state index is 11.6. The minimum absolute atomic E-state index is 0.0430. The van der Waals surface area contributed by atoms with Crippen LogP contribution in [0.5, 0.6) is 0 Å². The molecule has 0 aliphatic heterocycles. The third-order valence-electron chi connectivity index (χ3n) is 6.40. The first kappa shape index (κ1) is 28.2. The Morgan fingerprint density at radius 2 is 1.62 bits per heavy atom. The van der Waals surface area contributed by atoms with Gasteiger partial charge >= 0.3 is 0 Å². The molecule has 7 heteroatoms. The highest BCUT2D eigenvalue weighted by Gasteiger charge is 2.19. The van der Waals surface area contributed by atoms with Crippen LogP contribution >= 0.6 is 25.3 Å². The second-order valence-electron chi connectivity index (χ2n) is 8.92. The molecular weight excluding hydrogens is 464 g/mol. The monoisotopic (exact) mass is 500 g/mol. The van der Waals surface area contributed by atoms with Gasteiger partial charge in [0, 0.05) is 36.1 Å². The molecule has 1 aliphatic carbocycles. The molecule has 0 atom stereocenters. The van der Waals surface area contributed by atoms with Crippen LogP contribution in [0.2, 0.25) is 0 Å². The van der Waals surface area contributed by atoms with Crippen LogP contribution in [0.3, 0.4) is 0 Å². The SMILES string of the molecule is CN(Cc1ccccc1CC(=O)CS)C1CCCCC1.Cc1oc(CC(=O)CS)c(C#N)c1C. The number of aryl methyl sites for hydroxylation is 1. The van der Waals surface area contributed by atoms with E-state index in [1.807, 2.05) is 19.1 Å². The molecule has 0 saturated heterocycles. The van der Waals surface area contributed by atoms with Crippen molar-refractivity contribution in [1.82, 2.24) is 4.90 Å². The number of carbonyl (C=O) groups is 2. The van der Waals surface area contributed by atoms with Crippen molar-refractivity contribution in [1.29, 1.82) is 5.26 Å². The standard InChI is InChI=1S/C17H25NOS.C10H11NO2S/c1-18(16-9-3-2-4-10-16)12-15-8-6-5-7-14(15)11-17(19)13-20;1-6-7(2)13-10(9(6)4-11)3-8(12)5-14/h5-8,16,20H,2-4,9-13H2,1H3;14H,3,5H2,1-2H3. The van der Waals surface area contributed by atoms with Crippen LogP contribution in [0.25, 0.3) is 0 Å². The maximum absolute atomic E-state index is 11.6. The Bertz CT molecular complexity index is 1000. The molecule has 1 aromatic carbocycles. The summed E-state index contributed by atoms with van der Waals surface area (Å²) in [4.78, 5) is 25.2. The van der Waals surface area contributed by atoms with E-state index in [4.69, 9.17) is 9.68 Å². The van der Waals surface area contributed by atoms with Gasteiger partial charge in [-0.25, -0.2) is 0 Å². The summed E-state index contributed by atoms with van der Waals surface area (Å²) in [6, 6.07) is 11.1. The highest BCUT2D eigenvalue weighted by atomic mass is 32.1. The van der Waals surface area contributed by atoms with Gasteiger partial charge in [0.05, 0.1) is 12.0 Å². The summed E-state index contributed by atoms with van der Waals surface area (Å²) in [6.45, 7) is 4.54. The minimum Gasteiger partial charge on any atom is -0.464 e. The summed E-state index contributed by atoms with van der Waals surface area (Å²) < 4.78 is 5.33.